The Hall–Kier alpha value is 0.250. The van der Waals surface area contributed by atoms with Crippen LogP contribution in [0.25, 0.3) is 0 Å². The summed E-state index contributed by atoms with van der Waals surface area (Å²) in [6, 6.07) is 0. The lowest BCUT2D eigenvalue weighted by molar-refractivity contribution is 0.315. The Bertz CT molecular complexity index is 134. The van der Waals surface area contributed by atoms with E-state index in [2.05, 4.69) is 4.90 Å². The van der Waals surface area contributed by atoms with E-state index in [1.807, 2.05) is 0 Å². The van der Waals surface area contributed by atoms with Crippen LogP contribution in [0.3, 0.4) is 0 Å². The molecule has 11 heavy (non-hydrogen) atoms. The number of hydrogen-bond acceptors (Lipinski definition) is 1. The van der Waals surface area contributed by atoms with Gasteiger partial charge in [-0.3, -0.25) is 0 Å². The van der Waals surface area contributed by atoms with Crippen molar-refractivity contribution in [3.05, 3.63) is 0 Å². The van der Waals surface area contributed by atoms with E-state index in [0.29, 0.717) is 0 Å². The number of rotatable bonds is 3. The molecule has 64 valence electrons. The molecular formula is C9H16ClN. The zero-order valence-corrected chi connectivity index (χ0v) is 7.69. The molecule has 2 fully saturated rings. The molecule has 1 atom stereocenters. The van der Waals surface area contributed by atoms with Crippen LogP contribution in [-0.2, 0) is 0 Å². The highest BCUT2D eigenvalue weighted by molar-refractivity contribution is 6.18. The van der Waals surface area contributed by atoms with E-state index in [1.165, 1.54) is 38.9 Å². The molecule has 2 aliphatic rings. The fourth-order valence-electron chi connectivity index (χ4n) is 1.87. The summed E-state index contributed by atoms with van der Waals surface area (Å²) in [5.74, 6) is 2.70. The fraction of sp³-hybridized carbons (Fsp3) is 1.00. The molecule has 1 nitrogen and oxygen atoms in total. The number of hydrogen-bond donors (Lipinski definition) is 0. The van der Waals surface area contributed by atoms with Crippen LogP contribution in [0.4, 0.5) is 0 Å². The topological polar surface area (TPSA) is 3.24 Å². The molecule has 0 aromatic rings. The van der Waals surface area contributed by atoms with Gasteiger partial charge in [0.1, 0.15) is 0 Å². The van der Waals surface area contributed by atoms with Crippen LogP contribution < -0.4 is 0 Å². The summed E-state index contributed by atoms with van der Waals surface area (Å²) < 4.78 is 0. The molecule has 0 amide bonds. The minimum Gasteiger partial charge on any atom is -0.303 e. The zero-order valence-electron chi connectivity index (χ0n) is 6.93. The number of alkyl halides is 1. The molecule has 1 aliphatic heterocycles. The first-order chi connectivity index (χ1) is 5.38. The van der Waals surface area contributed by atoms with E-state index in [4.69, 9.17) is 11.6 Å². The lowest BCUT2D eigenvalue weighted by Gasteiger charge is -2.13. The second-order valence-electron chi connectivity index (χ2n) is 4.01. The molecule has 1 unspecified atom stereocenters. The van der Waals surface area contributed by atoms with E-state index in [9.17, 15) is 0 Å². The smallest absolute Gasteiger partial charge is 0.0264 e. The minimum absolute atomic E-state index is 0.787. The number of nitrogens with zero attached hydrogens (tertiary/aromatic N) is 1. The number of likely N-dealkylation sites (tertiary alicyclic amines) is 1. The van der Waals surface area contributed by atoms with Crippen LogP contribution in [0.15, 0.2) is 0 Å². The summed E-state index contributed by atoms with van der Waals surface area (Å²) in [6.07, 6.45) is 4.28. The molecule has 1 aliphatic carbocycles. The molecule has 0 aromatic carbocycles. The van der Waals surface area contributed by atoms with Crippen molar-refractivity contribution in [2.24, 2.45) is 11.8 Å². The van der Waals surface area contributed by atoms with Crippen LogP contribution in [-0.4, -0.2) is 30.4 Å². The van der Waals surface area contributed by atoms with Gasteiger partial charge in [0, 0.05) is 19.0 Å². The molecule has 1 saturated heterocycles. The van der Waals surface area contributed by atoms with E-state index >= 15 is 0 Å². The van der Waals surface area contributed by atoms with E-state index in [0.717, 1.165) is 17.7 Å². The first-order valence-electron chi connectivity index (χ1n) is 4.67. The molecule has 1 heterocycles. The summed E-state index contributed by atoms with van der Waals surface area (Å²) in [7, 11) is 0. The third kappa shape index (κ3) is 2.09. The highest BCUT2D eigenvalue weighted by Gasteiger charge is 2.28. The van der Waals surface area contributed by atoms with Gasteiger partial charge >= 0.3 is 0 Å². The zero-order chi connectivity index (χ0) is 7.68. The lowest BCUT2D eigenvalue weighted by atomic mass is 10.2. The maximum atomic E-state index is 5.80. The third-order valence-corrected chi connectivity index (χ3v) is 3.24. The fourth-order valence-corrected chi connectivity index (χ4v) is 2.12. The Morgan fingerprint density at radius 3 is 2.55 bits per heavy atom. The van der Waals surface area contributed by atoms with Crippen molar-refractivity contribution >= 4 is 11.6 Å². The molecular weight excluding hydrogens is 158 g/mol. The maximum absolute atomic E-state index is 5.80. The van der Waals surface area contributed by atoms with Gasteiger partial charge in [-0.05, 0) is 37.6 Å². The van der Waals surface area contributed by atoms with Gasteiger partial charge in [0.15, 0.2) is 0 Å². The van der Waals surface area contributed by atoms with Gasteiger partial charge in [-0.1, -0.05) is 0 Å². The monoisotopic (exact) mass is 173 g/mol. The van der Waals surface area contributed by atoms with Crippen molar-refractivity contribution in [3.8, 4) is 0 Å². The molecule has 2 rings (SSSR count). The Labute approximate surface area is 73.7 Å². The molecule has 0 aromatic heterocycles. The SMILES string of the molecule is ClCC1CCN(CC2CC2)C1. The van der Waals surface area contributed by atoms with E-state index < -0.39 is 0 Å². The molecule has 1 saturated carbocycles. The predicted molar refractivity (Wildman–Crippen MR) is 48.0 cm³/mol. The summed E-state index contributed by atoms with van der Waals surface area (Å²) in [6.45, 7) is 3.92. The van der Waals surface area contributed by atoms with Crippen LogP contribution in [0.1, 0.15) is 19.3 Å². The molecule has 0 N–H and O–H groups in total. The van der Waals surface area contributed by atoms with Gasteiger partial charge in [-0.15, -0.1) is 11.6 Å². The Morgan fingerprint density at radius 1 is 1.18 bits per heavy atom. The highest BCUT2D eigenvalue weighted by atomic mass is 35.5. The van der Waals surface area contributed by atoms with Crippen LogP contribution in [0.2, 0.25) is 0 Å². The predicted octanol–water partition coefficient (Wildman–Crippen LogP) is 1.96. The molecule has 2 heteroatoms. The quantitative estimate of drug-likeness (QED) is 0.590. The van der Waals surface area contributed by atoms with Crippen LogP contribution >= 0.6 is 11.6 Å². The van der Waals surface area contributed by atoms with Crippen molar-refractivity contribution in [2.45, 2.75) is 19.3 Å². The van der Waals surface area contributed by atoms with E-state index in [1.54, 1.807) is 0 Å². The van der Waals surface area contributed by atoms with Gasteiger partial charge in [-0.25, -0.2) is 0 Å². The van der Waals surface area contributed by atoms with Crippen molar-refractivity contribution in [1.29, 1.82) is 0 Å². The Balaban J connectivity index is 1.70. The first-order valence-corrected chi connectivity index (χ1v) is 5.20. The normalized spacial score (nSPS) is 33.0. The summed E-state index contributed by atoms with van der Waals surface area (Å²) in [4.78, 5) is 2.59. The van der Waals surface area contributed by atoms with Gasteiger partial charge in [0.25, 0.3) is 0 Å². The lowest BCUT2D eigenvalue weighted by Crippen LogP contribution is -2.23. The van der Waals surface area contributed by atoms with Crippen molar-refractivity contribution in [1.82, 2.24) is 4.90 Å². The van der Waals surface area contributed by atoms with Crippen molar-refractivity contribution in [3.63, 3.8) is 0 Å². The average Bonchev–Trinajstić information content (AvgIpc) is 2.68. The average molecular weight is 174 g/mol. The van der Waals surface area contributed by atoms with Gasteiger partial charge in [0.05, 0.1) is 0 Å². The second-order valence-corrected chi connectivity index (χ2v) is 4.32. The van der Waals surface area contributed by atoms with Crippen LogP contribution in [0.5, 0.6) is 0 Å². The van der Waals surface area contributed by atoms with Crippen molar-refractivity contribution < 1.29 is 0 Å². The maximum Gasteiger partial charge on any atom is 0.0264 e. The number of halogens is 1. The van der Waals surface area contributed by atoms with Crippen molar-refractivity contribution in [2.75, 3.05) is 25.5 Å². The molecule has 0 spiro atoms. The minimum atomic E-state index is 0.787. The molecule has 0 radical (unpaired) electrons. The largest absolute Gasteiger partial charge is 0.303 e. The summed E-state index contributed by atoms with van der Waals surface area (Å²) in [5, 5.41) is 0. The van der Waals surface area contributed by atoms with Crippen LogP contribution in [0, 0.1) is 11.8 Å². The standard InChI is InChI=1S/C9H16ClN/c10-5-9-3-4-11(7-9)6-8-1-2-8/h8-9H,1-7H2. The first kappa shape index (κ1) is 7.88. The van der Waals surface area contributed by atoms with E-state index in [-0.39, 0.29) is 0 Å². The Morgan fingerprint density at radius 2 is 2.00 bits per heavy atom. The van der Waals surface area contributed by atoms with Gasteiger partial charge in [-0.2, -0.15) is 0 Å². The highest BCUT2D eigenvalue weighted by Crippen LogP contribution is 2.31. The third-order valence-electron chi connectivity index (χ3n) is 2.80. The molecule has 0 bridgehead atoms. The second kappa shape index (κ2) is 3.32. The summed E-state index contributed by atoms with van der Waals surface area (Å²) >= 11 is 5.80. The summed E-state index contributed by atoms with van der Waals surface area (Å²) in [5.41, 5.74) is 0. The van der Waals surface area contributed by atoms with Gasteiger partial charge in [0.2, 0.25) is 0 Å². The van der Waals surface area contributed by atoms with Gasteiger partial charge < -0.3 is 4.90 Å². The Kier molecular flexibility index (Phi) is 2.38.